The van der Waals surface area contributed by atoms with E-state index >= 15 is 0 Å². The van der Waals surface area contributed by atoms with E-state index in [0.29, 0.717) is 0 Å². The van der Waals surface area contributed by atoms with Crippen molar-refractivity contribution in [3.05, 3.63) is 0 Å². The normalized spacial score (nSPS) is 23.6. The third-order valence-electron chi connectivity index (χ3n) is 3.35. The summed E-state index contributed by atoms with van der Waals surface area (Å²) in [5.41, 5.74) is 0. The molecule has 0 saturated carbocycles. The minimum Gasteiger partial charge on any atom is -0.469 e. The van der Waals surface area contributed by atoms with Crippen molar-refractivity contribution < 1.29 is 27.5 Å². The Hall–Kier alpha value is -1.15. The lowest BCUT2D eigenvalue weighted by molar-refractivity contribution is -0.146. The number of carbonyl (C=O) groups is 2. The summed E-state index contributed by atoms with van der Waals surface area (Å²) < 4.78 is 34.8. The second kappa shape index (κ2) is 7.03. The Morgan fingerprint density at radius 1 is 1.30 bits per heavy atom. The van der Waals surface area contributed by atoms with Crippen molar-refractivity contribution in [2.75, 3.05) is 32.6 Å². The summed E-state index contributed by atoms with van der Waals surface area (Å²) in [6, 6.07) is 0. The van der Waals surface area contributed by atoms with E-state index < -0.39 is 27.9 Å². The highest BCUT2D eigenvalue weighted by Gasteiger charge is 2.40. The fraction of sp³-hybridized carbons (Fsp3) is 0.833. The van der Waals surface area contributed by atoms with Crippen LogP contribution < -0.4 is 0 Å². The van der Waals surface area contributed by atoms with E-state index in [-0.39, 0.29) is 37.8 Å². The highest BCUT2D eigenvalue weighted by atomic mass is 32.2. The molecule has 1 rings (SSSR count). The van der Waals surface area contributed by atoms with Gasteiger partial charge in [-0.05, 0) is 12.8 Å². The second-order valence-corrected chi connectivity index (χ2v) is 6.88. The van der Waals surface area contributed by atoms with E-state index in [0.717, 1.165) is 0 Å². The number of esters is 2. The van der Waals surface area contributed by atoms with Crippen LogP contribution in [0.1, 0.15) is 20.3 Å². The predicted molar refractivity (Wildman–Crippen MR) is 71.3 cm³/mol. The summed E-state index contributed by atoms with van der Waals surface area (Å²) in [6.45, 7) is 4.08. The lowest BCUT2D eigenvalue weighted by Gasteiger charge is -2.15. The molecule has 0 aromatic heterocycles. The van der Waals surface area contributed by atoms with Gasteiger partial charge >= 0.3 is 11.9 Å². The van der Waals surface area contributed by atoms with E-state index in [1.54, 1.807) is 6.92 Å². The molecule has 1 heterocycles. The summed E-state index contributed by atoms with van der Waals surface area (Å²) in [5.74, 6) is -1.78. The average molecular weight is 307 g/mol. The molecule has 0 radical (unpaired) electrons. The molecule has 7 nitrogen and oxygen atoms in total. The maximum Gasteiger partial charge on any atom is 0.310 e. The monoisotopic (exact) mass is 307 g/mol. The van der Waals surface area contributed by atoms with Gasteiger partial charge in [0, 0.05) is 13.1 Å². The zero-order chi connectivity index (χ0) is 15.3. The Morgan fingerprint density at radius 2 is 1.95 bits per heavy atom. The van der Waals surface area contributed by atoms with Gasteiger partial charge in [-0.15, -0.1) is 0 Å². The van der Waals surface area contributed by atoms with E-state index in [2.05, 4.69) is 4.74 Å². The van der Waals surface area contributed by atoms with Crippen molar-refractivity contribution in [1.29, 1.82) is 0 Å². The van der Waals surface area contributed by atoms with Crippen LogP contribution in [-0.4, -0.2) is 57.2 Å². The standard InChI is InChI=1S/C12H21NO6S/c1-4-19-11(14)5-6-20(16,17)13-7-9(2)10(8-13)12(15)18-3/h9-10H,4-8H2,1-3H3. The quantitative estimate of drug-likeness (QED) is 0.642. The van der Waals surface area contributed by atoms with Gasteiger partial charge in [-0.3, -0.25) is 9.59 Å². The van der Waals surface area contributed by atoms with Crippen LogP contribution in [0.15, 0.2) is 0 Å². The first kappa shape index (κ1) is 16.9. The van der Waals surface area contributed by atoms with Crippen molar-refractivity contribution in [3.8, 4) is 0 Å². The second-order valence-electron chi connectivity index (χ2n) is 4.79. The summed E-state index contributed by atoms with van der Waals surface area (Å²) in [7, 11) is -2.27. The molecule has 0 aromatic rings. The van der Waals surface area contributed by atoms with Gasteiger partial charge in [0.05, 0.1) is 31.8 Å². The molecule has 1 aliphatic rings. The molecule has 0 aliphatic carbocycles. The number of ether oxygens (including phenoxy) is 2. The SMILES string of the molecule is CCOC(=O)CCS(=O)(=O)N1CC(C)C(C(=O)OC)C1. The largest absolute Gasteiger partial charge is 0.469 e. The average Bonchev–Trinajstić information content (AvgIpc) is 2.79. The lowest BCUT2D eigenvalue weighted by Crippen LogP contribution is -2.33. The molecule has 20 heavy (non-hydrogen) atoms. The molecular weight excluding hydrogens is 286 g/mol. The molecule has 0 N–H and O–H groups in total. The Labute approximate surface area is 119 Å². The third-order valence-corrected chi connectivity index (χ3v) is 5.15. The highest BCUT2D eigenvalue weighted by Crippen LogP contribution is 2.26. The van der Waals surface area contributed by atoms with E-state index in [9.17, 15) is 18.0 Å². The Balaban J connectivity index is 2.61. The fourth-order valence-corrected chi connectivity index (χ4v) is 3.72. The van der Waals surface area contributed by atoms with Crippen LogP contribution in [0, 0.1) is 11.8 Å². The smallest absolute Gasteiger partial charge is 0.310 e. The Bertz CT molecular complexity index is 461. The number of hydrogen-bond donors (Lipinski definition) is 0. The number of methoxy groups -OCH3 is 1. The Kier molecular flexibility index (Phi) is 5.94. The molecule has 1 aliphatic heterocycles. The zero-order valence-corrected chi connectivity index (χ0v) is 12.8. The Morgan fingerprint density at radius 3 is 2.50 bits per heavy atom. The summed E-state index contributed by atoms with van der Waals surface area (Å²) in [4.78, 5) is 22.7. The van der Waals surface area contributed by atoms with Crippen molar-refractivity contribution in [2.24, 2.45) is 11.8 Å². The molecule has 2 unspecified atom stereocenters. The van der Waals surface area contributed by atoms with E-state index in [1.807, 2.05) is 6.92 Å². The third kappa shape index (κ3) is 4.17. The molecule has 1 fully saturated rings. The molecule has 0 aromatic carbocycles. The molecule has 2 atom stereocenters. The molecule has 0 bridgehead atoms. The summed E-state index contributed by atoms with van der Waals surface area (Å²) in [6.07, 6.45) is -0.177. The van der Waals surface area contributed by atoms with Crippen LogP contribution in [0.3, 0.4) is 0 Å². The van der Waals surface area contributed by atoms with Crippen LogP contribution >= 0.6 is 0 Å². The zero-order valence-electron chi connectivity index (χ0n) is 12.0. The molecule has 0 spiro atoms. The number of rotatable bonds is 6. The maximum atomic E-state index is 12.1. The number of nitrogens with zero attached hydrogens (tertiary/aromatic N) is 1. The lowest BCUT2D eigenvalue weighted by atomic mass is 9.99. The van der Waals surface area contributed by atoms with Crippen LogP contribution in [0.25, 0.3) is 0 Å². The molecule has 116 valence electrons. The van der Waals surface area contributed by atoms with Gasteiger partial charge in [0.1, 0.15) is 0 Å². The minimum atomic E-state index is -3.56. The van der Waals surface area contributed by atoms with E-state index in [1.165, 1.54) is 11.4 Å². The molecule has 0 amide bonds. The predicted octanol–water partition coefficient (Wildman–Crippen LogP) is 0.0103. The van der Waals surface area contributed by atoms with Gasteiger partial charge in [0.15, 0.2) is 0 Å². The van der Waals surface area contributed by atoms with Gasteiger partial charge in [0.2, 0.25) is 10.0 Å². The van der Waals surface area contributed by atoms with Crippen LogP contribution in [-0.2, 0) is 29.1 Å². The fourth-order valence-electron chi connectivity index (χ4n) is 2.18. The number of carbonyl (C=O) groups excluding carboxylic acids is 2. The topological polar surface area (TPSA) is 90.0 Å². The first-order valence-electron chi connectivity index (χ1n) is 6.53. The van der Waals surface area contributed by atoms with Crippen LogP contribution in [0.4, 0.5) is 0 Å². The first-order chi connectivity index (χ1) is 9.31. The first-order valence-corrected chi connectivity index (χ1v) is 8.14. The summed E-state index contributed by atoms with van der Waals surface area (Å²) >= 11 is 0. The molecule has 8 heteroatoms. The molecule has 1 saturated heterocycles. The summed E-state index contributed by atoms with van der Waals surface area (Å²) in [5, 5.41) is 0. The van der Waals surface area contributed by atoms with Crippen LogP contribution in [0.5, 0.6) is 0 Å². The molecular formula is C12H21NO6S. The van der Waals surface area contributed by atoms with Crippen LogP contribution in [0.2, 0.25) is 0 Å². The van der Waals surface area contributed by atoms with Crippen molar-refractivity contribution in [1.82, 2.24) is 4.31 Å². The van der Waals surface area contributed by atoms with Gasteiger partial charge < -0.3 is 9.47 Å². The highest BCUT2D eigenvalue weighted by molar-refractivity contribution is 7.89. The maximum absolute atomic E-state index is 12.1. The van der Waals surface area contributed by atoms with Crippen molar-refractivity contribution in [3.63, 3.8) is 0 Å². The minimum absolute atomic E-state index is 0.0974. The number of sulfonamides is 1. The van der Waals surface area contributed by atoms with Gasteiger partial charge in [-0.2, -0.15) is 0 Å². The van der Waals surface area contributed by atoms with E-state index in [4.69, 9.17) is 4.74 Å². The van der Waals surface area contributed by atoms with Gasteiger partial charge in [-0.25, -0.2) is 12.7 Å². The van der Waals surface area contributed by atoms with Gasteiger partial charge in [0.25, 0.3) is 0 Å². The van der Waals surface area contributed by atoms with Crippen molar-refractivity contribution >= 4 is 22.0 Å². The van der Waals surface area contributed by atoms with Gasteiger partial charge in [-0.1, -0.05) is 6.92 Å². The number of hydrogen-bond acceptors (Lipinski definition) is 6. The van der Waals surface area contributed by atoms with Crippen molar-refractivity contribution in [2.45, 2.75) is 20.3 Å².